The number of piperidine rings is 1. The molecule has 0 atom stereocenters. The Morgan fingerprint density at radius 3 is 2.91 bits per heavy atom. The van der Waals surface area contributed by atoms with Crippen molar-refractivity contribution < 1.29 is 9.53 Å². The van der Waals surface area contributed by atoms with Gasteiger partial charge in [0.1, 0.15) is 5.75 Å². The average Bonchev–Trinajstić information content (AvgIpc) is 3.06. The van der Waals surface area contributed by atoms with Gasteiger partial charge >= 0.3 is 0 Å². The molecule has 23 heavy (non-hydrogen) atoms. The van der Waals surface area contributed by atoms with Crippen molar-refractivity contribution in [1.29, 1.82) is 0 Å². The quantitative estimate of drug-likeness (QED) is 0.890. The van der Waals surface area contributed by atoms with Crippen molar-refractivity contribution in [1.82, 2.24) is 20.3 Å². The summed E-state index contributed by atoms with van der Waals surface area (Å²) in [5, 5.41) is 14.2. The van der Waals surface area contributed by atoms with Gasteiger partial charge in [-0.25, -0.2) is 4.68 Å². The summed E-state index contributed by atoms with van der Waals surface area (Å²) < 4.78 is 6.93. The lowest BCUT2D eigenvalue weighted by atomic mass is 10.1. The van der Waals surface area contributed by atoms with E-state index in [4.69, 9.17) is 4.74 Å². The fourth-order valence-corrected chi connectivity index (χ4v) is 2.53. The number of carbonyl (C=O) groups excluding carboxylic acids is 1. The van der Waals surface area contributed by atoms with E-state index in [1.54, 1.807) is 30.1 Å². The largest absolute Gasteiger partial charge is 0.497 e. The van der Waals surface area contributed by atoms with E-state index in [0.29, 0.717) is 23.2 Å². The Kier molecular flexibility index (Phi) is 5.95. The second kappa shape index (κ2) is 7.94. The number of nitrogens with zero attached hydrogens (tertiary/aromatic N) is 3. The molecule has 1 aromatic carbocycles. The number of hydrogen-bond donors (Lipinski definition) is 2. The second-order valence-electron chi connectivity index (χ2n) is 5.25. The zero-order valence-electron chi connectivity index (χ0n) is 12.9. The molecule has 0 aliphatic carbocycles. The zero-order chi connectivity index (χ0) is 15.4. The number of methoxy groups -OCH3 is 1. The Labute approximate surface area is 140 Å². The molecule has 0 radical (unpaired) electrons. The normalized spacial score (nSPS) is 14.8. The van der Waals surface area contributed by atoms with Crippen LogP contribution < -0.4 is 15.4 Å². The SMILES string of the molecule is COc1cccc(NC(=O)c2cn(C3CCNCC3)nn2)c1.Cl. The number of halogens is 1. The van der Waals surface area contributed by atoms with Crippen molar-refractivity contribution in [3.8, 4) is 5.75 Å². The van der Waals surface area contributed by atoms with E-state index in [1.807, 2.05) is 12.1 Å². The van der Waals surface area contributed by atoms with Gasteiger partial charge in [0.15, 0.2) is 5.69 Å². The summed E-state index contributed by atoms with van der Waals surface area (Å²) in [6, 6.07) is 7.52. The van der Waals surface area contributed by atoms with Crippen LogP contribution in [0.4, 0.5) is 5.69 Å². The number of aromatic nitrogens is 3. The molecule has 1 saturated heterocycles. The van der Waals surface area contributed by atoms with E-state index in [0.717, 1.165) is 25.9 Å². The lowest BCUT2D eigenvalue weighted by molar-refractivity contribution is 0.102. The Morgan fingerprint density at radius 1 is 1.39 bits per heavy atom. The first-order valence-corrected chi connectivity index (χ1v) is 7.34. The summed E-state index contributed by atoms with van der Waals surface area (Å²) in [5.74, 6) is 0.421. The molecule has 0 saturated carbocycles. The van der Waals surface area contributed by atoms with Crippen LogP contribution in [-0.2, 0) is 0 Å². The van der Waals surface area contributed by atoms with E-state index < -0.39 is 0 Å². The molecule has 2 aromatic rings. The summed E-state index contributed by atoms with van der Waals surface area (Å²) in [7, 11) is 1.59. The van der Waals surface area contributed by atoms with Crippen molar-refractivity contribution in [2.45, 2.75) is 18.9 Å². The molecule has 3 rings (SSSR count). The van der Waals surface area contributed by atoms with Crippen LogP contribution >= 0.6 is 12.4 Å². The number of benzene rings is 1. The molecule has 0 spiro atoms. The molecular formula is C15H20ClN5O2. The van der Waals surface area contributed by atoms with Gasteiger partial charge < -0.3 is 15.4 Å². The summed E-state index contributed by atoms with van der Waals surface area (Å²) in [4.78, 5) is 12.2. The Morgan fingerprint density at radius 2 is 2.17 bits per heavy atom. The zero-order valence-corrected chi connectivity index (χ0v) is 13.7. The van der Waals surface area contributed by atoms with Crippen molar-refractivity contribution in [2.24, 2.45) is 0 Å². The third-order valence-corrected chi connectivity index (χ3v) is 3.75. The van der Waals surface area contributed by atoms with Crippen LogP contribution in [0.25, 0.3) is 0 Å². The van der Waals surface area contributed by atoms with Crippen molar-refractivity contribution in [3.05, 3.63) is 36.2 Å². The monoisotopic (exact) mass is 337 g/mol. The maximum Gasteiger partial charge on any atom is 0.277 e. The molecule has 8 heteroatoms. The van der Waals surface area contributed by atoms with Gasteiger partial charge in [0.05, 0.1) is 19.3 Å². The predicted octanol–water partition coefficient (Wildman–Crippen LogP) is 1.89. The summed E-state index contributed by atoms with van der Waals surface area (Å²) in [5.41, 5.74) is 0.988. The van der Waals surface area contributed by atoms with Gasteiger partial charge in [-0.1, -0.05) is 11.3 Å². The Hall–Kier alpha value is -2.12. The van der Waals surface area contributed by atoms with Crippen molar-refractivity contribution in [3.63, 3.8) is 0 Å². The van der Waals surface area contributed by atoms with Gasteiger partial charge in [-0.05, 0) is 38.1 Å². The molecule has 124 valence electrons. The number of carbonyl (C=O) groups is 1. The minimum absolute atomic E-state index is 0. The van der Waals surface area contributed by atoms with Crippen LogP contribution in [0.5, 0.6) is 5.75 Å². The molecular weight excluding hydrogens is 318 g/mol. The predicted molar refractivity (Wildman–Crippen MR) is 89.4 cm³/mol. The lowest BCUT2D eigenvalue weighted by Gasteiger charge is -2.22. The van der Waals surface area contributed by atoms with Gasteiger partial charge in [0.25, 0.3) is 5.91 Å². The third kappa shape index (κ3) is 4.20. The van der Waals surface area contributed by atoms with Crippen LogP contribution in [0.1, 0.15) is 29.4 Å². The average molecular weight is 338 g/mol. The van der Waals surface area contributed by atoms with E-state index in [2.05, 4.69) is 20.9 Å². The van der Waals surface area contributed by atoms with Crippen LogP contribution in [0.15, 0.2) is 30.5 Å². The molecule has 1 fully saturated rings. The number of anilines is 1. The van der Waals surface area contributed by atoms with Crippen molar-refractivity contribution in [2.75, 3.05) is 25.5 Å². The van der Waals surface area contributed by atoms with Crippen LogP contribution in [0.3, 0.4) is 0 Å². The molecule has 1 amide bonds. The van der Waals surface area contributed by atoms with E-state index in [-0.39, 0.29) is 18.3 Å². The highest BCUT2D eigenvalue weighted by atomic mass is 35.5. The minimum Gasteiger partial charge on any atom is -0.497 e. The first-order chi connectivity index (χ1) is 10.8. The van der Waals surface area contributed by atoms with Gasteiger partial charge in [-0.15, -0.1) is 17.5 Å². The Bertz CT molecular complexity index is 655. The fraction of sp³-hybridized carbons (Fsp3) is 0.400. The van der Waals surface area contributed by atoms with Crippen LogP contribution in [0, 0.1) is 0 Å². The summed E-state index contributed by atoms with van der Waals surface area (Å²) in [6.07, 6.45) is 3.71. The highest BCUT2D eigenvalue weighted by Crippen LogP contribution is 2.19. The maximum absolute atomic E-state index is 12.2. The van der Waals surface area contributed by atoms with Gasteiger partial charge in [-0.2, -0.15) is 0 Å². The standard InChI is InChI=1S/C15H19N5O2.ClH/c1-22-13-4-2-3-11(9-13)17-15(21)14-10-20(19-18-14)12-5-7-16-8-6-12;/h2-4,9-10,12,16H,5-8H2,1H3,(H,17,21);1H. The second-order valence-corrected chi connectivity index (χ2v) is 5.25. The molecule has 1 aliphatic heterocycles. The first-order valence-electron chi connectivity index (χ1n) is 7.34. The highest BCUT2D eigenvalue weighted by Gasteiger charge is 2.18. The van der Waals surface area contributed by atoms with Gasteiger partial charge in [-0.3, -0.25) is 4.79 Å². The van der Waals surface area contributed by atoms with Gasteiger partial charge in [0, 0.05) is 11.8 Å². The van der Waals surface area contributed by atoms with E-state index in [9.17, 15) is 4.79 Å². The molecule has 0 unspecified atom stereocenters. The smallest absolute Gasteiger partial charge is 0.277 e. The number of amides is 1. The van der Waals surface area contributed by atoms with Crippen LogP contribution in [-0.4, -0.2) is 41.1 Å². The minimum atomic E-state index is -0.270. The lowest BCUT2D eigenvalue weighted by Crippen LogP contribution is -2.29. The van der Waals surface area contributed by atoms with Crippen molar-refractivity contribution >= 4 is 24.0 Å². The van der Waals surface area contributed by atoms with Gasteiger partial charge in [0.2, 0.25) is 0 Å². The fourth-order valence-electron chi connectivity index (χ4n) is 2.53. The number of ether oxygens (including phenoxy) is 1. The highest BCUT2D eigenvalue weighted by molar-refractivity contribution is 6.02. The first kappa shape index (κ1) is 17.2. The molecule has 0 bridgehead atoms. The topological polar surface area (TPSA) is 81.1 Å². The van der Waals surface area contributed by atoms with E-state index in [1.165, 1.54) is 0 Å². The third-order valence-electron chi connectivity index (χ3n) is 3.75. The number of nitrogens with one attached hydrogen (secondary N) is 2. The van der Waals surface area contributed by atoms with Crippen LogP contribution in [0.2, 0.25) is 0 Å². The molecule has 2 heterocycles. The number of rotatable bonds is 4. The number of hydrogen-bond acceptors (Lipinski definition) is 5. The maximum atomic E-state index is 12.2. The molecule has 7 nitrogen and oxygen atoms in total. The molecule has 1 aromatic heterocycles. The molecule has 2 N–H and O–H groups in total. The Balaban J connectivity index is 0.00000192. The van der Waals surface area contributed by atoms with E-state index >= 15 is 0 Å². The molecule has 1 aliphatic rings. The summed E-state index contributed by atoms with van der Waals surface area (Å²) >= 11 is 0. The summed E-state index contributed by atoms with van der Waals surface area (Å²) in [6.45, 7) is 1.94.